The Morgan fingerprint density at radius 3 is 2.33 bits per heavy atom. The zero-order valence-corrected chi connectivity index (χ0v) is 14.6. The molecule has 128 valence electrons. The first-order valence-electron chi connectivity index (χ1n) is 7.03. The molecule has 0 fully saturated rings. The van der Waals surface area contributed by atoms with Crippen LogP contribution < -0.4 is 10.5 Å². The molecule has 0 saturated heterocycles. The van der Waals surface area contributed by atoms with Crippen molar-refractivity contribution >= 4 is 33.3 Å². The van der Waals surface area contributed by atoms with E-state index in [4.69, 9.17) is 9.88 Å². The second-order valence-corrected chi connectivity index (χ2v) is 6.80. The molecule has 0 spiro atoms. The summed E-state index contributed by atoms with van der Waals surface area (Å²) in [6, 6.07) is 14.2. The number of carbonyl (C=O) groups excluding carboxylic acids is 1. The molecule has 2 aromatic carbocycles. The zero-order valence-electron chi connectivity index (χ0n) is 13.8. The van der Waals surface area contributed by atoms with E-state index in [0.717, 1.165) is 17.5 Å². The number of methoxy groups -OCH3 is 1. The molecule has 2 rings (SSSR count). The summed E-state index contributed by atoms with van der Waals surface area (Å²) in [6.07, 6.45) is 0.805. The molecule has 24 heavy (non-hydrogen) atoms. The predicted octanol–water partition coefficient (Wildman–Crippen LogP) is 2.79. The number of rotatable bonds is 5. The Balaban J connectivity index is 0.000000240. The maximum Gasteiger partial charge on any atom is 0.150 e. The van der Waals surface area contributed by atoms with Crippen molar-refractivity contribution in [2.75, 3.05) is 19.5 Å². The third-order valence-corrected chi connectivity index (χ3v) is 4.19. The van der Waals surface area contributed by atoms with Crippen LogP contribution in [0.2, 0.25) is 0 Å². The lowest BCUT2D eigenvalue weighted by atomic mass is 10.1. The van der Waals surface area contributed by atoms with Crippen molar-refractivity contribution in [3.8, 4) is 0 Å². The Morgan fingerprint density at radius 1 is 1.25 bits per heavy atom. The molecule has 0 radical (unpaired) electrons. The Kier molecular flexibility index (Phi) is 7.23. The summed E-state index contributed by atoms with van der Waals surface area (Å²) < 4.78 is 16.2. The molecule has 0 heterocycles. The number of nitrogens with one attached hydrogen (secondary N) is 1. The van der Waals surface area contributed by atoms with Crippen LogP contribution >= 0.6 is 0 Å². The van der Waals surface area contributed by atoms with Crippen LogP contribution in [0.15, 0.2) is 60.0 Å². The number of benzene rings is 2. The number of aldehydes is 1. The second-order valence-electron chi connectivity index (χ2n) is 4.87. The van der Waals surface area contributed by atoms with Gasteiger partial charge in [-0.1, -0.05) is 36.9 Å². The average Bonchev–Trinajstić information content (AvgIpc) is 2.61. The lowest BCUT2D eigenvalue weighted by Crippen LogP contribution is -2.11. The highest BCUT2D eigenvalue weighted by atomic mass is 32.2. The van der Waals surface area contributed by atoms with Crippen LogP contribution in [0.25, 0.3) is 5.76 Å². The molecule has 0 aliphatic rings. The first-order chi connectivity index (χ1) is 11.3. The van der Waals surface area contributed by atoms with Gasteiger partial charge in [-0.2, -0.15) is 0 Å². The Labute approximate surface area is 143 Å². The number of ether oxygens (including phenoxy) is 1. The first-order valence-corrected chi connectivity index (χ1v) is 8.82. The van der Waals surface area contributed by atoms with Gasteiger partial charge in [0.25, 0.3) is 0 Å². The number of hydrogen-bond donors (Lipinski definition) is 2. The van der Waals surface area contributed by atoms with Gasteiger partial charge in [0.05, 0.1) is 16.8 Å². The van der Waals surface area contributed by atoms with Crippen LogP contribution in [0.4, 0.5) is 5.69 Å². The minimum absolute atomic E-state index is 0.564. The van der Waals surface area contributed by atoms with Crippen molar-refractivity contribution in [3.63, 3.8) is 0 Å². The molecule has 0 aliphatic carbocycles. The number of carbonyl (C=O) groups is 1. The van der Waals surface area contributed by atoms with Gasteiger partial charge in [0.2, 0.25) is 0 Å². The molecule has 3 N–H and O–H groups in total. The molecule has 0 aromatic heterocycles. The fourth-order valence-corrected chi connectivity index (χ4v) is 2.37. The summed E-state index contributed by atoms with van der Waals surface area (Å²) in [4.78, 5) is 10.9. The second kappa shape index (κ2) is 8.90. The highest BCUT2D eigenvalue weighted by Gasteiger charge is 2.00. The number of nitrogens with two attached hydrogens (primary N) is 1. The summed E-state index contributed by atoms with van der Waals surface area (Å²) in [7, 11) is 0.782. The average molecular weight is 346 g/mol. The van der Waals surface area contributed by atoms with E-state index in [-0.39, 0.29) is 0 Å². The maximum atomic E-state index is 11.3. The monoisotopic (exact) mass is 346 g/mol. The summed E-state index contributed by atoms with van der Waals surface area (Å²) in [5.41, 5.74) is 2.43. The van der Waals surface area contributed by atoms with E-state index in [2.05, 4.69) is 17.8 Å². The topological polar surface area (TPSA) is 81.4 Å². The SMILES string of the molecule is C=C(OC)c1ccc(C=O)cc1.C=S(N)(=O)c1cccc(NC)c1. The van der Waals surface area contributed by atoms with Crippen molar-refractivity contribution in [1.29, 1.82) is 0 Å². The minimum atomic E-state index is -2.58. The van der Waals surface area contributed by atoms with E-state index in [9.17, 15) is 9.00 Å². The zero-order chi connectivity index (χ0) is 18.2. The summed E-state index contributed by atoms with van der Waals surface area (Å²) in [5, 5.41) is 8.30. The van der Waals surface area contributed by atoms with Crippen LogP contribution in [-0.4, -0.2) is 30.5 Å². The smallest absolute Gasteiger partial charge is 0.150 e. The van der Waals surface area contributed by atoms with Crippen LogP contribution in [0.1, 0.15) is 15.9 Å². The van der Waals surface area contributed by atoms with Crippen LogP contribution in [0.5, 0.6) is 0 Å². The molecule has 1 unspecified atom stereocenters. The van der Waals surface area contributed by atoms with Gasteiger partial charge in [0.1, 0.15) is 12.0 Å². The van der Waals surface area contributed by atoms with Gasteiger partial charge >= 0.3 is 0 Å². The van der Waals surface area contributed by atoms with Gasteiger partial charge in [0.15, 0.2) is 0 Å². The van der Waals surface area contributed by atoms with Gasteiger partial charge in [-0.05, 0) is 24.1 Å². The van der Waals surface area contributed by atoms with Crippen molar-refractivity contribution in [2.24, 2.45) is 5.14 Å². The normalized spacial score (nSPS) is 12.1. The van der Waals surface area contributed by atoms with Gasteiger partial charge in [-0.15, -0.1) is 0 Å². The lowest BCUT2D eigenvalue weighted by molar-refractivity contribution is 0.112. The Hall–Kier alpha value is -2.57. The van der Waals surface area contributed by atoms with Crippen LogP contribution in [0, 0.1) is 0 Å². The van der Waals surface area contributed by atoms with Gasteiger partial charge in [0, 0.05) is 28.8 Å². The Morgan fingerprint density at radius 2 is 1.88 bits per heavy atom. The summed E-state index contributed by atoms with van der Waals surface area (Å²) in [6.45, 7) is 3.69. The van der Waals surface area contributed by atoms with Crippen LogP contribution in [0.3, 0.4) is 0 Å². The van der Waals surface area contributed by atoms with Crippen molar-refractivity contribution in [3.05, 3.63) is 66.2 Å². The van der Waals surface area contributed by atoms with Gasteiger partial charge in [-0.3, -0.25) is 9.93 Å². The van der Waals surface area contributed by atoms with Gasteiger partial charge < -0.3 is 10.1 Å². The molecule has 0 bridgehead atoms. The van der Waals surface area contributed by atoms with E-state index >= 15 is 0 Å². The van der Waals surface area contributed by atoms with E-state index < -0.39 is 9.71 Å². The molecule has 0 aliphatic heterocycles. The highest BCUT2D eigenvalue weighted by molar-refractivity contribution is 7.98. The highest BCUT2D eigenvalue weighted by Crippen LogP contribution is 2.13. The largest absolute Gasteiger partial charge is 0.497 e. The lowest BCUT2D eigenvalue weighted by Gasteiger charge is -2.04. The fraction of sp³-hybridized carbons (Fsp3) is 0.111. The third-order valence-electron chi connectivity index (χ3n) is 3.14. The van der Waals surface area contributed by atoms with E-state index in [1.807, 2.05) is 6.07 Å². The molecule has 1 atom stereocenters. The summed E-state index contributed by atoms with van der Waals surface area (Å²) in [5.74, 6) is 4.00. The van der Waals surface area contributed by atoms with E-state index in [0.29, 0.717) is 16.2 Å². The molecular formula is C18H22N2O3S. The molecule has 0 amide bonds. The maximum absolute atomic E-state index is 11.3. The third kappa shape index (κ3) is 5.91. The van der Waals surface area contributed by atoms with E-state index in [1.165, 1.54) is 0 Å². The molecule has 6 heteroatoms. The summed E-state index contributed by atoms with van der Waals surface area (Å²) >= 11 is 0. The molecular weight excluding hydrogens is 324 g/mol. The van der Waals surface area contributed by atoms with Crippen molar-refractivity contribution in [1.82, 2.24) is 0 Å². The van der Waals surface area contributed by atoms with Crippen LogP contribution in [-0.2, 0) is 14.4 Å². The first kappa shape index (κ1) is 19.5. The molecule has 2 aromatic rings. The Bertz CT molecular complexity index is 797. The fourth-order valence-electron chi connectivity index (χ4n) is 1.73. The standard InChI is InChI=1S/C10H10O2.C8H12N2OS/c1-8(12-2)10-5-3-9(7-11)4-6-10;1-10-7-4-3-5-8(6-7)12(2,9)11/h3-7H,1H2,2H3;3-6,10H,2H2,1H3,(H2,9,11). The van der Waals surface area contributed by atoms with Crippen molar-refractivity contribution in [2.45, 2.75) is 4.90 Å². The van der Waals surface area contributed by atoms with Gasteiger partial charge in [-0.25, -0.2) is 4.21 Å². The van der Waals surface area contributed by atoms with Crippen molar-refractivity contribution < 1.29 is 13.7 Å². The number of anilines is 1. The molecule has 0 saturated carbocycles. The van der Waals surface area contributed by atoms with E-state index in [1.54, 1.807) is 56.6 Å². The molecule has 5 nitrogen and oxygen atoms in total. The minimum Gasteiger partial charge on any atom is -0.497 e. The number of hydrogen-bond acceptors (Lipinski definition) is 4. The quantitative estimate of drug-likeness (QED) is 0.495. The predicted molar refractivity (Wildman–Crippen MR) is 102 cm³/mol.